The van der Waals surface area contributed by atoms with Crippen molar-refractivity contribution in [3.8, 4) is 0 Å². The first kappa shape index (κ1) is 13.6. The van der Waals surface area contributed by atoms with Gasteiger partial charge in [0.2, 0.25) is 0 Å². The highest BCUT2D eigenvalue weighted by Gasteiger charge is 2.43. The predicted molar refractivity (Wildman–Crippen MR) is 63.2 cm³/mol. The van der Waals surface area contributed by atoms with Crippen LogP contribution < -0.4 is 4.90 Å². The van der Waals surface area contributed by atoms with Crippen molar-refractivity contribution in [2.45, 2.75) is 25.9 Å². The molecule has 0 bridgehead atoms. The fraction of sp³-hybridized carbons (Fsp3) is 0.385. The molecule has 1 amide bonds. The molecule has 0 radical (unpaired) electrons. The smallest absolute Gasteiger partial charge is 0.304 e. The molecule has 1 aromatic rings. The number of anilines is 1. The first-order chi connectivity index (χ1) is 8.80. The third kappa shape index (κ3) is 2.62. The average Bonchev–Trinajstić information content (AvgIpc) is 2.35. The second kappa shape index (κ2) is 4.68. The predicted octanol–water partition coefficient (Wildman–Crippen LogP) is 2.73. The van der Waals surface area contributed by atoms with E-state index in [4.69, 9.17) is 0 Å². The molecule has 0 atom stereocenters. The van der Waals surface area contributed by atoms with Crippen LogP contribution in [-0.4, -0.2) is 24.4 Å². The summed E-state index contributed by atoms with van der Waals surface area (Å²) >= 11 is 0. The number of alkyl halides is 3. The molecule has 0 aromatic heterocycles. The first-order valence-electron chi connectivity index (χ1n) is 5.83. The summed E-state index contributed by atoms with van der Waals surface area (Å²) in [6.07, 6.45) is -3.86. The van der Waals surface area contributed by atoms with Crippen LogP contribution in [0, 0.1) is 0 Å². The molecule has 2 rings (SSSR count). The van der Waals surface area contributed by atoms with Crippen molar-refractivity contribution in [3.63, 3.8) is 0 Å². The van der Waals surface area contributed by atoms with Crippen LogP contribution in [0.15, 0.2) is 18.2 Å². The zero-order valence-electron chi connectivity index (χ0n) is 10.3. The van der Waals surface area contributed by atoms with Gasteiger partial charge >= 0.3 is 12.1 Å². The molecule has 19 heavy (non-hydrogen) atoms. The van der Waals surface area contributed by atoms with E-state index < -0.39 is 12.1 Å². The van der Waals surface area contributed by atoms with Crippen LogP contribution in [0.2, 0.25) is 0 Å². The van der Waals surface area contributed by atoms with Crippen molar-refractivity contribution in [2.75, 3.05) is 11.4 Å². The summed E-state index contributed by atoms with van der Waals surface area (Å²) < 4.78 is 37.5. The summed E-state index contributed by atoms with van der Waals surface area (Å²) in [6.45, 7) is 1.44. The Morgan fingerprint density at radius 1 is 1.26 bits per heavy atom. The molecular formula is C13H12F3NO2. The minimum absolute atomic E-state index is 0.0464. The Kier molecular flexibility index (Phi) is 3.34. The molecule has 0 N–H and O–H groups in total. The number of fused-ring (bicyclic) bond motifs is 1. The van der Waals surface area contributed by atoms with Crippen LogP contribution in [0.4, 0.5) is 18.9 Å². The quantitative estimate of drug-likeness (QED) is 0.736. The minimum Gasteiger partial charge on any atom is -0.304 e. The number of benzene rings is 1. The molecular weight excluding hydrogens is 259 g/mol. The molecule has 0 saturated heterocycles. The van der Waals surface area contributed by atoms with Crippen LogP contribution >= 0.6 is 0 Å². The number of Topliss-reactive ketones (excluding diaryl/α,β-unsaturated/α-hetero) is 1. The van der Waals surface area contributed by atoms with Crippen LogP contribution in [0.25, 0.3) is 0 Å². The topological polar surface area (TPSA) is 37.4 Å². The van der Waals surface area contributed by atoms with Crippen molar-refractivity contribution in [1.82, 2.24) is 0 Å². The van der Waals surface area contributed by atoms with E-state index in [-0.39, 0.29) is 18.0 Å². The summed E-state index contributed by atoms with van der Waals surface area (Å²) in [4.78, 5) is 23.3. The Labute approximate surface area is 108 Å². The number of amides is 1. The molecule has 0 fully saturated rings. The van der Waals surface area contributed by atoms with Gasteiger partial charge < -0.3 is 4.90 Å². The average molecular weight is 271 g/mol. The Balaban J connectivity index is 2.40. The second-order valence-corrected chi connectivity index (χ2v) is 4.46. The van der Waals surface area contributed by atoms with Gasteiger partial charge in [0.15, 0.2) is 5.78 Å². The largest absolute Gasteiger partial charge is 0.471 e. The van der Waals surface area contributed by atoms with Crippen LogP contribution in [0.3, 0.4) is 0 Å². The van der Waals surface area contributed by atoms with Crippen molar-refractivity contribution in [3.05, 3.63) is 29.3 Å². The third-order valence-electron chi connectivity index (χ3n) is 3.09. The molecule has 1 aliphatic heterocycles. The summed E-state index contributed by atoms with van der Waals surface area (Å²) in [5.41, 5.74) is 1.30. The van der Waals surface area contributed by atoms with Gasteiger partial charge in [-0.25, -0.2) is 0 Å². The van der Waals surface area contributed by atoms with Gasteiger partial charge in [0.25, 0.3) is 0 Å². The number of carbonyl (C=O) groups excluding carboxylic acids is 2. The summed E-state index contributed by atoms with van der Waals surface area (Å²) in [5.74, 6) is -2.01. The Morgan fingerprint density at radius 2 is 1.95 bits per heavy atom. The highest BCUT2D eigenvalue weighted by atomic mass is 19.4. The third-order valence-corrected chi connectivity index (χ3v) is 3.09. The standard InChI is InChI=1S/C13H12F3NO2/c1-8(18)9-4-5-11-10(7-9)3-2-6-17(11)12(19)13(14,15)16/h4-5,7H,2-3,6H2,1H3. The highest BCUT2D eigenvalue weighted by Crippen LogP contribution is 2.31. The van der Waals surface area contributed by atoms with Gasteiger partial charge in [-0.1, -0.05) is 0 Å². The highest BCUT2D eigenvalue weighted by molar-refractivity contribution is 6.00. The lowest BCUT2D eigenvalue weighted by Gasteiger charge is -2.30. The molecule has 0 spiro atoms. The van der Waals surface area contributed by atoms with Gasteiger partial charge in [-0.2, -0.15) is 13.2 Å². The molecule has 6 heteroatoms. The van der Waals surface area contributed by atoms with Crippen molar-refractivity contribution < 1.29 is 22.8 Å². The van der Waals surface area contributed by atoms with E-state index in [1.54, 1.807) is 6.07 Å². The molecule has 0 unspecified atom stereocenters. The summed E-state index contributed by atoms with van der Waals surface area (Å²) in [5, 5.41) is 0. The maximum Gasteiger partial charge on any atom is 0.471 e. The van der Waals surface area contributed by atoms with Crippen molar-refractivity contribution >= 4 is 17.4 Å². The molecule has 102 valence electrons. The SMILES string of the molecule is CC(=O)c1ccc2c(c1)CCCN2C(=O)C(F)(F)F. The number of hydrogen-bond donors (Lipinski definition) is 0. The number of rotatable bonds is 1. The fourth-order valence-electron chi connectivity index (χ4n) is 2.18. The zero-order valence-corrected chi connectivity index (χ0v) is 10.3. The Hall–Kier alpha value is -1.85. The molecule has 1 aromatic carbocycles. The summed E-state index contributed by atoms with van der Waals surface area (Å²) in [6, 6.07) is 4.42. The molecule has 1 heterocycles. The van der Waals surface area contributed by atoms with Gasteiger partial charge in [0.05, 0.1) is 0 Å². The lowest BCUT2D eigenvalue weighted by molar-refractivity contribution is -0.170. The van der Waals surface area contributed by atoms with E-state index in [1.807, 2.05) is 0 Å². The van der Waals surface area contributed by atoms with E-state index in [1.165, 1.54) is 19.1 Å². The van der Waals surface area contributed by atoms with Crippen LogP contribution in [-0.2, 0) is 11.2 Å². The number of halogens is 3. The van der Waals surface area contributed by atoms with Gasteiger partial charge in [0.1, 0.15) is 0 Å². The molecule has 0 aliphatic carbocycles. The number of nitrogens with zero attached hydrogens (tertiary/aromatic N) is 1. The number of aryl methyl sites for hydroxylation is 1. The minimum atomic E-state index is -4.88. The fourth-order valence-corrected chi connectivity index (χ4v) is 2.18. The van der Waals surface area contributed by atoms with Gasteiger partial charge in [0, 0.05) is 17.8 Å². The number of carbonyl (C=O) groups is 2. The lowest BCUT2D eigenvalue weighted by atomic mass is 9.98. The molecule has 0 saturated carbocycles. The zero-order chi connectivity index (χ0) is 14.2. The normalized spacial score (nSPS) is 15.1. The Morgan fingerprint density at radius 3 is 2.53 bits per heavy atom. The van der Waals surface area contributed by atoms with Crippen LogP contribution in [0.5, 0.6) is 0 Å². The monoisotopic (exact) mass is 271 g/mol. The number of ketones is 1. The maximum absolute atomic E-state index is 12.5. The number of hydrogen-bond acceptors (Lipinski definition) is 2. The molecule has 3 nitrogen and oxygen atoms in total. The van der Waals surface area contributed by atoms with E-state index in [2.05, 4.69) is 0 Å². The van der Waals surface area contributed by atoms with E-state index in [0.29, 0.717) is 24.0 Å². The van der Waals surface area contributed by atoms with Crippen molar-refractivity contribution in [1.29, 1.82) is 0 Å². The molecule has 1 aliphatic rings. The maximum atomic E-state index is 12.5. The first-order valence-corrected chi connectivity index (χ1v) is 5.83. The lowest BCUT2D eigenvalue weighted by Crippen LogP contribution is -2.43. The van der Waals surface area contributed by atoms with Gasteiger partial charge in [-0.05, 0) is 43.5 Å². The van der Waals surface area contributed by atoms with Gasteiger partial charge in [-0.15, -0.1) is 0 Å². The van der Waals surface area contributed by atoms with Crippen LogP contribution in [0.1, 0.15) is 29.3 Å². The van der Waals surface area contributed by atoms with E-state index >= 15 is 0 Å². The van der Waals surface area contributed by atoms with Crippen molar-refractivity contribution in [2.24, 2.45) is 0 Å². The van der Waals surface area contributed by atoms with E-state index in [0.717, 1.165) is 4.90 Å². The second-order valence-electron chi connectivity index (χ2n) is 4.46. The van der Waals surface area contributed by atoms with Gasteiger partial charge in [-0.3, -0.25) is 9.59 Å². The summed E-state index contributed by atoms with van der Waals surface area (Å²) in [7, 11) is 0. The Bertz CT molecular complexity index is 537. The van der Waals surface area contributed by atoms with E-state index in [9.17, 15) is 22.8 Å².